The van der Waals surface area contributed by atoms with Gasteiger partial charge in [0.05, 0.1) is 31.7 Å². The molecule has 0 N–H and O–H groups in total. The molecule has 0 saturated carbocycles. The number of hydrogen-bond donors (Lipinski definition) is 0. The number of rotatable bonds is 3. The lowest BCUT2D eigenvalue weighted by Gasteiger charge is -2.22. The molecule has 1 amide bonds. The van der Waals surface area contributed by atoms with E-state index in [9.17, 15) is 4.79 Å². The molecule has 4 aromatic heterocycles. The Hall–Kier alpha value is -4.80. The summed E-state index contributed by atoms with van der Waals surface area (Å²) in [5, 5.41) is 13.0. The molecule has 0 bridgehead atoms. The van der Waals surface area contributed by atoms with Gasteiger partial charge in [-0.2, -0.15) is 15.3 Å². The number of fused-ring (bicyclic) bond motifs is 5. The van der Waals surface area contributed by atoms with Gasteiger partial charge in [0, 0.05) is 73.9 Å². The second-order valence-electron chi connectivity index (χ2n) is 20.5. The molecule has 11 heteroatoms. The maximum Gasteiger partial charge on any atom is 0.254 e. The van der Waals surface area contributed by atoms with Gasteiger partial charge in [0.1, 0.15) is 6.61 Å². The number of amides is 1. The van der Waals surface area contributed by atoms with Gasteiger partial charge in [-0.25, -0.2) is 4.68 Å². The number of benzene rings is 1. The van der Waals surface area contributed by atoms with Crippen LogP contribution in [0.2, 0.25) is 0 Å². The van der Waals surface area contributed by atoms with Crippen LogP contribution < -0.4 is 9.47 Å². The Labute approximate surface area is 427 Å². The molecule has 5 aromatic rings. The van der Waals surface area contributed by atoms with Gasteiger partial charge in [0.15, 0.2) is 5.88 Å². The van der Waals surface area contributed by atoms with Gasteiger partial charge in [-0.3, -0.25) is 14.2 Å². The van der Waals surface area contributed by atoms with Crippen molar-refractivity contribution in [3.8, 4) is 11.8 Å². The molecule has 70 heavy (non-hydrogen) atoms. The summed E-state index contributed by atoms with van der Waals surface area (Å²) < 4.78 is 19.6. The molecule has 394 valence electrons. The Kier molecular flexibility index (Phi) is 25.9. The van der Waals surface area contributed by atoms with E-state index in [1.54, 1.807) is 4.90 Å². The third-order valence-corrected chi connectivity index (χ3v) is 12.5. The van der Waals surface area contributed by atoms with Crippen LogP contribution in [0.5, 0.6) is 11.8 Å². The van der Waals surface area contributed by atoms with Crippen molar-refractivity contribution in [1.82, 2.24) is 38.8 Å². The Morgan fingerprint density at radius 1 is 0.543 bits per heavy atom. The first kappa shape index (κ1) is 61.3. The van der Waals surface area contributed by atoms with E-state index < -0.39 is 0 Å². The lowest BCUT2D eigenvalue weighted by Crippen LogP contribution is -2.17. The molecule has 1 aromatic carbocycles. The number of carbonyl (C=O) groups is 1. The fourth-order valence-electron chi connectivity index (χ4n) is 8.96. The van der Waals surface area contributed by atoms with Gasteiger partial charge in [0.2, 0.25) is 5.88 Å². The molecule has 0 aliphatic carbocycles. The zero-order chi connectivity index (χ0) is 52.9. The quantitative estimate of drug-likeness (QED) is 0.179. The molecule has 10 rings (SSSR count). The minimum atomic E-state index is 0.108. The van der Waals surface area contributed by atoms with Crippen LogP contribution in [0, 0.1) is 0 Å². The molecule has 0 saturated heterocycles. The first-order valence-corrected chi connectivity index (χ1v) is 27.3. The summed E-state index contributed by atoms with van der Waals surface area (Å²) in [6, 6.07) is 8.20. The second-order valence-corrected chi connectivity index (χ2v) is 20.5. The van der Waals surface area contributed by atoms with Crippen LogP contribution in [0.4, 0.5) is 0 Å². The van der Waals surface area contributed by atoms with Gasteiger partial charge in [-0.1, -0.05) is 151 Å². The van der Waals surface area contributed by atoms with Gasteiger partial charge in [-0.05, 0) is 95.1 Å². The molecule has 5 aliphatic rings. The molecule has 9 heterocycles. The third-order valence-electron chi connectivity index (χ3n) is 12.5. The maximum atomic E-state index is 11.8. The normalized spacial score (nSPS) is 14.5. The molecule has 0 unspecified atom stereocenters. The number of carbonyl (C=O) groups excluding carboxylic acids is 1. The summed E-state index contributed by atoms with van der Waals surface area (Å²) >= 11 is 0. The van der Waals surface area contributed by atoms with Crippen LogP contribution in [0.1, 0.15) is 237 Å². The van der Waals surface area contributed by atoms with Crippen molar-refractivity contribution >= 4 is 5.91 Å². The van der Waals surface area contributed by atoms with E-state index in [1.807, 2.05) is 97.8 Å². The molecule has 11 nitrogen and oxygen atoms in total. The zero-order valence-electron chi connectivity index (χ0n) is 48.3. The average Bonchev–Trinajstić information content (AvgIpc) is 4.22. The van der Waals surface area contributed by atoms with Crippen molar-refractivity contribution in [2.75, 3.05) is 20.3 Å². The smallest absolute Gasteiger partial charge is 0.254 e. The van der Waals surface area contributed by atoms with Gasteiger partial charge >= 0.3 is 0 Å². The van der Waals surface area contributed by atoms with Crippen LogP contribution in [0.15, 0.2) is 49.1 Å². The highest BCUT2D eigenvalue weighted by Gasteiger charge is 2.30. The third kappa shape index (κ3) is 16.1. The standard InChI is InChI=1S/C13H17NO.C10H16N2.C10H15NO.C9H14N2O.C9H14N2.4C2H6/c1-13(2,3)11-7-5-6-9-10(11)8-14(4)12(9)15;1-8(2)9-7-11-12-6-4-3-5-10(9)12;1-10(2,3)8-4-5-11-6-7-12-9(8)11;1-7(2)8-6-10-11-4-3-5-12-9(8)11;1-7(2)8-6-10-11-5-3-4-9(8)11;4*1-2/h5-7H,8H2,1-4H3;7-8H,3-6H2,1-2H3;4-5H,6-7H2,1-3H3;6-7H,3-5H2,1-2H3;6-7H,3-5H2,1-2H3;4*1-2H3. The molecular formula is C59H100N8O3. The predicted octanol–water partition coefficient (Wildman–Crippen LogP) is 14.9. The summed E-state index contributed by atoms with van der Waals surface area (Å²) in [6.45, 7) is 49.2. The zero-order valence-corrected chi connectivity index (χ0v) is 48.3. The molecule has 0 atom stereocenters. The lowest BCUT2D eigenvalue weighted by atomic mass is 9.83. The lowest BCUT2D eigenvalue weighted by molar-refractivity contribution is 0.0816. The van der Waals surface area contributed by atoms with Crippen LogP contribution >= 0.6 is 0 Å². The van der Waals surface area contributed by atoms with E-state index in [0.717, 1.165) is 69.7 Å². The van der Waals surface area contributed by atoms with E-state index >= 15 is 0 Å². The van der Waals surface area contributed by atoms with E-state index in [0.29, 0.717) is 17.8 Å². The SMILES string of the molecule is CC.CC.CC.CC.CC(C)(C)c1ccn2c1OCC2.CC(C)c1cnn2c1CCC2.CC(C)c1cnn2c1CCCC2.CC(C)c1cnn2c1OCCC2.CN1Cc2c(cccc2C(C)(C)C)C1=O. The summed E-state index contributed by atoms with van der Waals surface area (Å²) in [6.07, 6.45) is 15.6. The number of aromatic nitrogens is 7. The van der Waals surface area contributed by atoms with Crippen LogP contribution in [-0.4, -0.2) is 65.0 Å². The van der Waals surface area contributed by atoms with Crippen molar-refractivity contribution in [2.45, 2.75) is 238 Å². The second kappa shape index (κ2) is 29.5. The average molecular weight is 970 g/mol. The van der Waals surface area contributed by atoms with Crippen molar-refractivity contribution in [3.05, 3.63) is 99.4 Å². The topological polar surface area (TPSA) is 97.2 Å². The predicted molar refractivity (Wildman–Crippen MR) is 295 cm³/mol. The maximum absolute atomic E-state index is 11.8. The van der Waals surface area contributed by atoms with Crippen molar-refractivity contribution in [3.63, 3.8) is 0 Å². The highest BCUT2D eigenvalue weighted by atomic mass is 16.5. The fourth-order valence-corrected chi connectivity index (χ4v) is 8.96. The van der Waals surface area contributed by atoms with E-state index in [4.69, 9.17) is 9.47 Å². The number of nitrogens with zero attached hydrogens (tertiary/aromatic N) is 8. The van der Waals surface area contributed by atoms with Crippen LogP contribution in [0.3, 0.4) is 0 Å². The molecule has 0 spiro atoms. The van der Waals surface area contributed by atoms with Crippen molar-refractivity contribution < 1.29 is 14.3 Å². The van der Waals surface area contributed by atoms with Crippen LogP contribution in [-0.2, 0) is 56.4 Å². The highest BCUT2D eigenvalue weighted by Crippen LogP contribution is 2.35. The highest BCUT2D eigenvalue weighted by molar-refractivity contribution is 5.98. The van der Waals surface area contributed by atoms with Gasteiger partial charge in [-0.15, -0.1) is 0 Å². The first-order chi connectivity index (χ1) is 33.4. The molecular weight excluding hydrogens is 869 g/mol. The largest absolute Gasteiger partial charge is 0.478 e. The summed E-state index contributed by atoms with van der Waals surface area (Å²) in [7, 11) is 1.86. The Balaban J connectivity index is 0.000000290. The summed E-state index contributed by atoms with van der Waals surface area (Å²) in [4.78, 5) is 13.6. The molecule has 0 radical (unpaired) electrons. The van der Waals surface area contributed by atoms with E-state index in [-0.39, 0.29) is 16.7 Å². The first-order valence-electron chi connectivity index (χ1n) is 27.3. The Morgan fingerprint density at radius 3 is 1.57 bits per heavy atom. The monoisotopic (exact) mass is 969 g/mol. The van der Waals surface area contributed by atoms with Crippen molar-refractivity contribution in [2.24, 2.45) is 0 Å². The number of aryl methyl sites for hydroxylation is 3. The Bertz CT molecular complexity index is 2200. The summed E-state index contributed by atoms with van der Waals surface area (Å²) in [5.74, 6) is 3.98. The Morgan fingerprint density at radius 2 is 1.03 bits per heavy atom. The van der Waals surface area contributed by atoms with Crippen molar-refractivity contribution in [1.29, 1.82) is 0 Å². The van der Waals surface area contributed by atoms with Crippen LogP contribution in [0.25, 0.3) is 0 Å². The van der Waals surface area contributed by atoms with Gasteiger partial charge < -0.3 is 18.9 Å². The molecule has 5 aliphatic heterocycles. The summed E-state index contributed by atoms with van der Waals surface area (Å²) in [5.41, 5.74) is 12.1. The number of hydrogen-bond acceptors (Lipinski definition) is 6. The number of ether oxygens (including phenoxy) is 2. The van der Waals surface area contributed by atoms with E-state index in [2.05, 4.69) is 131 Å². The van der Waals surface area contributed by atoms with E-state index in [1.165, 1.54) is 76.9 Å². The minimum Gasteiger partial charge on any atom is -0.478 e. The van der Waals surface area contributed by atoms with Gasteiger partial charge in [0.25, 0.3) is 5.91 Å². The molecule has 0 fully saturated rings. The minimum absolute atomic E-state index is 0.108. The fraction of sp³-hybridized carbons (Fsp3) is 0.661.